The van der Waals surface area contributed by atoms with Crippen LogP contribution in [-0.4, -0.2) is 39.9 Å². The number of alkyl halides is 3. The van der Waals surface area contributed by atoms with E-state index < -0.39 is 35.1 Å². The van der Waals surface area contributed by atoms with Crippen LogP contribution in [0.3, 0.4) is 0 Å². The highest BCUT2D eigenvalue weighted by Crippen LogP contribution is 2.39. The molecule has 0 radical (unpaired) electrons. The zero-order valence-electron chi connectivity index (χ0n) is 14.7. The van der Waals surface area contributed by atoms with Crippen molar-refractivity contribution in [2.75, 3.05) is 11.9 Å². The molecule has 1 aliphatic heterocycles. The number of hydrogen-bond donors (Lipinski definition) is 2. The molecule has 0 bridgehead atoms. The number of carbonyl (C=O) groups is 2. The van der Waals surface area contributed by atoms with Gasteiger partial charge in [0, 0.05) is 18.7 Å². The van der Waals surface area contributed by atoms with Gasteiger partial charge in [-0.1, -0.05) is 13.0 Å². The first-order chi connectivity index (χ1) is 11.9. The van der Waals surface area contributed by atoms with Gasteiger partial charge in [-0.25, -0.2) is 4.79 Å². The average molecular weight is 374 g/mol. The standard InChI is InChI=1S/C17H21F3N2O4/c1-4-15(2)16(3,25)22(14(24)26-15)9-8-13(23)21-12-7-5-6-11(10-12)17(18,19)20/h5-7,10,25H,4,8-9H2,1-3H3,(H,21,23)/t15-,16+/m0/s1. The molecule has 2 amide bonds. The minimum Gasteiger partial charge on any atom is -0.438 e. The monoisotopic (exact) mass is 374 g/mol. The van der Waals surface area contributed by atoms with Gasteiger partial charge in [0.1, 0.15) is 0 Å². The van der Waals surface area contributed by atoms with Crippen molar-refractivity contribution in [1.29, 1.82) is 0 Å². The Morgan fingerprint density at radius 3 is 2.54 bits per heavy atom. The molecule has 6 nitrogen and oxygen atoms in total. The molecule has 2 rings (SSSR count). The molecule has 1 aromatic carbocycles. The van der Waals surface area contributed by atoms with Crippen LogP contribution < -0.4 is 5.32 Å². The van der Waals surface area contributed by atoms with Gasteiger partial charge in [0.05, 0.1) is 5.56 Å². The predicted octanol–water partition coefficient (Wildman–Crippen LogP) is 3.36. The van der Waals surface area contributed by atoms with Gasteiger partial charge in [-0.3, -0.25) is 9.69 Å². The number of amides is 2. The summed E-state index contributed by atoms with van der Waals surface area (Å²) in [6, 6.07) is 4.25. The second kappa shape index (κ2) is 6.79. The topological polar surface area (TPSA) is 78.9 Å². The largest absolute Gasteiger partial charge is 0.438 e. The van der Waals surface area contributed by atoms with Gasteiger partial charge in [-0.2, -0.15) is 13.2 Å². The summed E-state index contributed by atoms with van der Waals surface area (Å²) in [7, 11) is 0. The molecule has 1 aliphatic rings. The first-order valence-electron chi connectivity index (χ1n) is 8.11. The Morgan fingerprint density at radius 1 is 1.35 bits per heavy atom. The Hall–Kier alpha value is -2.29. The lowest BCUT2D eigenvalue weighted by Crippen LogP contribution is -2.55. The lowest BCUT2D eigenvalue weighted by molar-refractivity contribution is -0.139. The number of nitrogens with one attached hydrogen (secondary N) is 1. The maximum Gasteiger partial charge on any atom is 0.416 e. The molecule has 0 spiro atoms. The van der Waals surface area contributed by atoms with Crippen LogP contribution in [0.1, 0.15) is 39.2 Å². The van der Waals surface area contributed by atoms with Crippen molar-refractivity contribution < 1.29 is 32.6 Å². The maximum atomic E-state index is 12.7. The Balaban J connectivity index is 2.01. The third kappa shape index (κ3) is 3.77. The van der Waals surface area contributed by atoms with Crippen LogP contribution in [-0.2, 0) is 15.7 Å². The number of hydrogen-bond acceptors (Lipinski definition) is 4. The molecule has 2 atom stereocenters. The highest BCUT2D eigenvalue weighted by Gasteiger charge is 2.58. The summed E-state index contributed by atoms with van der Waals surface area (Å²) in [5.74, 6) is -0.585. The molecule has 1 aromatic rings. The van der Waals surface area contributed by atoms with Gasteiger partial charge in [0.25, 0.3) is 0 Å². The van der Waals surface area contributed by atoms with Crippen molar-refractivity contribution in [2.24, 2.45) is 0 Å². The molecule has 0 aliphatic carbocycles. The molecule has 0 saturated carbocycles. The van der Waals surface area contributed by atoms with Gasteiger partial charge >= 0.3 is 12.3 Å². The quantitative estimate of drug-likeness (QED) is 0.828. The summed E-state index contributed by atoms with van der Waals surface area (Å²) in [5, 5.41) is 13.0. The smallest absolute Gasteiger partial charge is 0.416 e. The Kier molecular flexibility index (Phi) is 5.23. The van der Waals surface area contributed by atoms with E-state index in [1.165, 1.54) is 19.1 Å². The van der Waals surface area contributed by atoms with Crippen molar-refractivity contribution in [2.45, 2.75) is 51.1 Å². The number of anilines is 1. The Labute approximate surface area is 148 Å². The van der Waals surface area contributed by atoms with Gasteiger partial charge in [-0.05, 0) is 38.5 Å². The van der Waals surface area contributed by atoms with Crippen molar-refractivity contribution in [3.05, 3.63) is 29.8 Å². The minimum absolute atomic E-state index is 0.000944. The minimum atomic E-state index is -4.51. The summed E-state index contributed by atoms with van der Waals surface area (Å²) in [5.41, 5.74) is -3.59. The van der Waals surface area contributed by atoms with Crippen LogP contribution in [0.4, 0.5) is 23.7 Å². The molecule has 1 fully saturated rings. The highest BCUT2D eigenvalue weighted by atomic mass is 19.4. The predicted molar refractivity (Wildman–Crippen MR) is 87.2 cm³/mol. The van der Waals surface area contributed by atoms with Gasteiger partial charge in [0.2, 0.25) is 5.91 Å². The molecule has 26 heavy (non-hydrogen) atoms. The fourth-order valence-electron chi connectivity index (χ4n) is 2.73. The maximum absolute atomic E-state index is 12.7. The fraction of sp³-hybridized carbons (Fsp3) is 0.529. The first kappa shape index (κ1) is 20.0. The fourth-order valence-corrected chi connectivity index (χ4v) is 2.73. The van der Waals surface area contributed by atoms with Crippen LogP contribution >= 0.6 is 0 Å². The zero-order chi connectivity index (χ0) is 19.8. The van der Waals surface area contributed by atoms with Crippen LogP contribution in [0, 0.1) is 0 Å². The Bertz CT molecular complexity index is 705. The van der Waals surface area contributed by atoms with Crippen LogP contribution in [0.5, 0.6) is 0 Å². The van der Waals surface area contributed by atoms with Crippen LogP contribution in [0.25, 0.3) is 0 Å². The third-order valence-electron chi connectivity index (χ3n) is 4.77. The van der Waals surface area contributed by atoms with Crippen LogP contribution in [0.2, 0.25) is 0 Å². The van der Waals surface area contributed by atoms with E-state index in [0.29, 0.717) is 6.42 Å². The zero-order valence-corrected chi connectivity index (χ0v) is 14.7. The van der Waals surface area contributed by atoms with Crippen LogP contribution in [0.15, 0.2) is 24.3 Å². The van der Waals surface area contributed by atoms with E-state index in [1.54, 1.807) is 13.8 Å². The van der Waals surface area contributed by atoms with Gasteiger partial charge in [0.15, 0.2) is 11.3 Å². The Morgan fingerprint density at radius 2 is 2.00 bits per heavy atom. The summed E-state index contributed by atoms with van der Waals surface area (Å²) < 4.78 is 43.3. The van der Waals surface area contributed by atoms with E-state index in [2.05, 4.69) is 5.32 Å². The lowest BCUT2D eigenvalue weighted by Gasteiger charge is -2.36. The number of benzene rings is 1. The highest BCUT2D eigenvalue weighted by molar-refractivity contribution is 5.91. The van der Waals surface area contributed by atoms with Crippen molar-refractivity contribution in [1.82, 2.24) is 4.90 Å². The second-order valence-corrected chi connectivity index (χ2v) is 6.50. The molecule has 2 N–H and O–H groups in total. The number of ether oxygens (including phenoxy) is 1. The SMILES string of the molecule is CC[C@]1(C)OC(=O)N(CCC(=O)Nc2cccc(C(F)(F)F)c2)[C@]1(C)O. The average Bonchev–Trinajstić information content (AvgIpc) is 2.70. The molecule has 1 saturated heterocycles. The number of halogens is 3. The molecule has 1 heterocycles. The number of rotatable bonds is 5. The van der Waals surface area contributed by atoms with E-state index in [-0.39, 0.29) is 18.7 Å². The van der Waals surface area contributed by atoms with E-state index in [1.807, 2.05) is 0 Å². The van der Waals surface area contributed by atoms with Crippen molar-refractivity contribution in [3.8, 4) is 0 Å². The number of cyclic esters (lactones) is 1. The third-order valence-corrected chi connectivity index (χ3v) is 4.77. The van der Waals surface area contributed by atoms with E-state index in [0.717, 1.165) is 17.0 Å². The van der Waals surface area contributed by atoms with Gasteiger partial charge in [-0.15, -0.1) is 0 Å². The molecule has 0 aromatic heterocycles. The molecule has 9 heteroatoms. The molecule has 144 valence electrons. The van der Waals surface area contributed by atoms with Crippen molar-refractivity contribution >= 4 is 17.7 Å². The summed E-state index contributed by atoms with van der Waals surface area (Å²) in [4.78, 5) is 25.0. The van der Waals surface area contributed by atoms with E-state index >= 15 is 0 Å². The number of carbonyl (C=O) groups excluding carboxylic acids is 2. The van der Waals surface area contributed by atoms with Gasteiger partial charge < -0.3 is 15.2 Å². The summed E-state index contributed by atoms with van der Waals surface area (Å²) in [6.45, 7) is 4.64. The number of aliphatic hydroxyl groups is 1. The molecule has 0 unspecified atom stereocenters. The normalized spacial score (nSPS) is 26.0. The molecular weight excluding hydrogens is 353 g/mol. The van der Waals surface area contributed by atoms with Crippen molar-refractivity contribution in [3.63, 3.8) is 0 Å². The summed E-state index contributed by atoms with van der Waals surface area (Å²) in [6.07, 6.45) is -5.09. The van der Waals surface area contributed by atoms with E-state index in [9.17, 15) is 27.9 Å². The lowest BCUT2D eigenvalue weighted by atomic mass is 9.91. The second-order valence-electron chi connectivity index (χ2n) is 6.50. The first-order valence-corrected chi connectivity index (χ1v) is 8.11. The van der Waals surface area contributed by atoms with E-state index in [4.69, 9.17) is 4.74 Å². The molecular formula is C17H21F3N2O4. The summed E-state index contributed by atoms with van der Waals surface area (Å²) >= 11 is 0. The number of nitrogens with zero attached hydrogens (tertiary/aromatic N) is 1.